The predicted molar refractivity (Wildman–Crippen MR) is 61.0 cm³/mol. The monoisotopic (exact) mass is 231 g/mol. The summed E-state index contributed by atoms with van der Waals surface area (Å²) in [6.45, 7) is 1.23. The zero-order chi connectivity index (χ0) is 12.1. The molecule has 2 rings (SSSR count). The molecule has 1 heterocycles. The average Bonchev–Trinajstić information content (AvgIpc) is 2.89. The number of rotatable bonds is 4. The van der Waals surface area contributed by atoms with E-state index in [2.05, 4.69) is 0 Å². The first kappa shape index (κ1) is 11.6. The molecule has 0 radical (unpaired) electrons. The Kier molecular flexibility index (Phi) is 3.73. The molecular weight excluding hydrogens is 218 g/mol. The molecule has 4 nitrogen and oxygen atoms in total. The Hall–Kier alpha value is -1.86. The van der Waals surface area contributed by atoms with Crippen molar-refractivity contribution >= 4 is 6.29 Å². The van der Waals surface area contributed by atoms with E-state index >= 15 is 0 Å². The van der Waals surface area contributed by atoms with Crippen molar-refractivity contribution in [3.05, 3.63) is 29.3 Å². The first-order chi connectivity index (χ1) is 8.33. The number of hydrogen-bond acceptors (Lipinski definition) is 4. The number of nitrogens with zero attached hydrogens (tertiary/aromatic N) is 1. The highest BCUT2D eigenvalue weighted by molar-refractivity contribution is 5.76. The Morgan fingerprint density at radius 1 is 1.59 bits per heavy atom. The van der Waals surface area contributed by atoms with Crippen LogP contribution in [0, 0.1) is 11.3 Å². The maximum Gasteiger partial charge on any atom is 0.150 e. The highest BCUT2D eigenvalue weighted by Crippen LogP contribution is 2.20. The van der Waals surface area contributed by atoms with Crippen LogP contribution in [0.25, 0.3) is 0 Å². The number of benzene rings is 1. The van der Waals surface area contributed by atoms with Crippen LogP contribution in [0.4, 0.5) is 0 Å². The summed E-state index contributed by atoms with van der Waals surface area (Å²) in [7, 11) is 0. The molecule has 88 valence electrons. The van der Waals surface area contributed by atoms with Gasteiger partial charge in [0.2, 0.25) is 0 Å². The van der Waals surface area contributed by atoms with Gasteiger partial charge in [0.25, 0.3) is 0 Å². The number of carbonyl (C=O) groups excluding carboxylic acids is 1. The molecule has 1 fully saturated rings. The molecule has 0 saturated carbocycles. The van der Waals surface area contributed by atoms with Crippen molar-refractivity contribution in [1.82, 2.24) is 0 Å². The summed E-state index contributed by atoms with van der Waals surface area (Å²) in [6.07, 6.45) is 2.88. The average molecular weight is 231 g/mol. The largest absolute Gasteiger partial charge is 0.489 e. The number of nitriles is 1. The van der Waals surface area contributed by atoms with Crippen LogP contribution in [0.5, 0.6) is 5.75 Å². The lowest BCUT2D eigenvalue weighted by molar-refractivity contribution is 0.0678. The van der Waals surface area contributed by atoms with Crippen LogP contribution < -0.4 is 4.74 Å². The quantitative estimate of drug-likeness (QED) is 0.743. The van der Waals surface area contributed by atoms with Crippen molar-refractivity contribution in [2.45, 2.75) is 18.9 Å². The molecule has 0 amide bonds. The lowest BCUT2D eigenvalue weighted by Crippen LogP contribution is -2.16. The third kappa shape index (κ3) is 2.83. The summed E-state index contributed by atoms with van der Waals surface area (Å²) in [5, 5.41) is 8.95. The van der Waals surface area contributed by atoms with Gasteiger partial charge in [-0.3, -0.25) is 4.79 Å². The van der Waals surface area contributed by atoms with E-state index in [0.29, 0.717) is 29.8 Å². The maximum absolute atomic E-state index is 10.6. The fraction of sp³-hybridized carbons (Fsp3) is 0.385. The summed E-state index contributed by atoms with van der Waals surface area (Å²) in [4.78, 5) is 10.6. The number of carbonyl (C=O) groups is 1. The second kappa shape index (κ2) is 5.46. The van der Waals surface area contributed by atoms with Crippen molar-refractivity contribution in [1.29, 1.82) is 5.26 Å². The van der Waals surface area contributed by atoms with Gasteiger partial charge in [0.15, 0.2) is 0 Å². The molecule has 0 unspecified atom stereocenters. The van der Waals surface area contributed by atoms with Gasteiger partial charge in [0, 0.05) is 12.2 Å². The van der Waals surface area contributed by atoms with Gasteiger partial charge >= 0.3 is 0 Å². The molecule has 4 heteroatoms. The Labute approximate surface area is 99.8 Å². The van der Waals surface area contributed by atoms with E-state index in [1.807, 2.05) is 6.07 Å². The smallest absolute Gasteiger partial charge is 0.150 e. The molecule has 0 spiro atoms. The molecule has 1 saturated heterocycles. The summed E-state index contributed by atoms with van der Waals surface area (Å²) in [5.74, 6) is 0.508. The van der Waals surface area contributed by atoms with Gasteiger partial charge in [0.1, 0.15) is 24.7 Å². The minimum Gasteiger partial charge on any atom is -0.489 e. The Morgan fingerprint density at radius 3 is 3.12 bits per heavy atom. The van der Waals surface area contributed by atoms with Gasteiger partial charge < -0.3 is 9.47 Å². The molecule has 0 bridgehead atoms. The van der Waals surface area contributed by atoms with Crippen molar-refractivity contribution in [2.24, 2.45) is 0 Å². The lowest BCUT2D eigenvalue weighted by atomic mass is 10.1. The second-order valence-electron chi connectivity index (χ2n) is 3.93. The third-order valence-corrected chi connectivity index (χ3v) is 2.71. The zero-order valence-electron chi connectivity index (χ0n) is 9.39. The molecule has 0 aromatic heterocycles. The topological polar surface area (TPSA) is 59.3 Å². The standard InChI is InChI=1S/C13H13NO3/c14-7-11-6-10(8-15)3-4-13(11)17-9-12-2-1-5-16-12/h3-4,6,8,12H,1-2,5,9H2/t12-/m0/s1. The van der Waals surface area contributed by atoms with E-state index in [-0.39, 0.29) is 6.10 Å². The Bertz CT molecular complexity index is 444. The molecule has 1 aliphatic rings. The van der Waals surface area contributed by atoms with E-state index in [4.69, 9.17) is 14.7 Å². The molecule has 17 heavy (non-hydrogen) atoms. The van der Waals surface area contributed by atoms with Crippen LogP contribution in [0.15, 0.2) is 18.2 Å². The second-order valence-corrected chi connectivity index (χ2v) is 3.93. The van der Waals surface area contributed by atoms with Crippen molar-refractivity contribution < 1.29 is 14.3 Å². The molecular formula is C13H13NO3. The molecule has 1 aromatic rings. The van der Waals surface area contributed by atoms with Crippen molar-refractivity contribution in [3.63, 3.8) is 0 Å². The highest BCUT2D eigenvalue weighted by Gasteiger charge is 2.16. The summed E-state index contributed by atoms with van der Waals surface area (Å²) in [5.41, 5.74) is 0.860. The maximum atomic E-state index is 10.6. The van der Waals surface area contributed by atoms with Gasteiger partial charge in [-0.1, -0.05) is 0 Å². The van der Waals surface area contributed by atoms with Gasteiger partial charge in [-0.15, -0.1) is 0 Å². The summed E-state index contributed by atoms with van der Waals surface area (Å²) >= 11 is 0. The predicted octanol–water partition coefficient (Wildman–Crippen LogP) is 1.93. The molecule has 1 aromatic carbocycles. The van der Waals surface area contributed by atoms with E-state index in [1.54, 1.807) is 12.1 Å². The number of hydrogen-bond donors (Lipinski definition) is 0. The molecule has 0 N–H and O–H groups in total. The molecule has 0 aliphatic carbocycles. The first-order valence-corrected chi connectivity index (χ1v) is 5.57. The first-order valence-electron chi connectivity index (χ1n) is 5.57. The van der Waals surface area contributed by atoms with E-state index in [0.717, 1.165) is 19.4 Å². The number of aldehydes is 1. The van der Waals surface area contributed by atoms with E-state index in [1.165, 1.54) is 6.07 Å². The normalized spacial score (nSPS) is 18.6. The minimum atomic E-state index is 0.118. The van der Waals surface area contributed by atoms with Crippen molar-refractivity contribution in [3.8, 4) is 11.8 Å². The van der Waals surface area contributed by atoms with Crippen molar-refractivity contribution in [2.75, 3.05) is 13.2 Å². The van der Waals surface area contributed by atoms with Crippen LogP contribution in [-0.2, 0) is 4.74 Å². The highest BCUT2D eigenvalue weighted by atomic mass is 16.5. The van der Waals surface area contributed by atoms with Gasteiger partial charge in [0.05, 0.1) is 11.7 Å². The summed E-state index contributed by atoms with van der Waals surface area (Å²) in [6, 6.07) is 6.83. The van der Waals surface area contributed by atoms with E-state index in [9.17, 15) is 4.79 Å². The summed E-state index contributed by atoms with van der Waals surface area (Å²) < 4.78 is 11.0. The fourth-order valence-corrected chi connectivity index (χ4v) is 1.79. The Balaban J connectivity index is 2.04. The van der Waals surface area contributed by atoms with Crippen LogP contribution in [0.3, 0.4) is 0 Å². The van der Waals surface area contributed by atoms with Gasteiger partial charge in [-0.2, -0.15) is 5.26 Å². The van der Waals surface area contributed by atoms with Crippen LogP contribution in [0.1, 0.15) is 28.8 Å². The van der Waals surface area contributed by atoms with Gasteiger partial charge in [-0.05, 0) is 31.0 Å². The SMILES string of the molecule is N#Cc1cc(C=O)ccc1OC[C@@H]1CCCO1. The lowest BCUT2D eigenvalue weighted by Gasteiger charge is -2.12. The Morgan fingerprint density at radius 2 is 2.47 bits per heavy atom. The van der Waals surface area contributed by atoms with Gasteiger partial charge in [-0.25, -0.2) is 0 Å². The zero-order valence-corrected chi connectivity index (χ0v) is 9.39. The fourth-order valence-electron chi connectivity index (χ4n) is 1.79. The minimum absolute atomic E-state index is 0.118. The van der Waals surface area contributed by atoms with Crippen LogP contribution in [0.2, 0.25) is 0 Å². The third-order valence-electron chi connectivity index (χ3n) is 2.71. The van der Waals surface area contributed by atoms with E-state index < -0.39 is 0 Å². The van der Waals surface area contributed by atoms with Crippen LogP contribution in [-0.4, -0.2) is 25.6 Å². The molecule has 1 aliphatic heterocycles. The van der Waals surface area contributed by atoms with Crippen LogP contribution >= 0.6 is 0 Å². The number of ether oxygens (including phenoxy) is 2. The molecule has 1 atom stereocenters.